The number of pyridine rings is 2. The van der Waals surface area contributed by atoms with E-state index in [2.05, 4.69) is 25.9 Å². The van der Waals surface area contributed by atoms with Crippen molar-refractivity contribution in [3.8, 4) is 11.4 Å². The quantitative estimate of drug-likeness (QED) is 0.740. The summed E-state index contributed by atoms with van der Waals surface area (Å²) in [7, 11) is 0. The second kappa shape index (κ2) is 4.07. The van der Waals surface area contributed by atoms with Gasteiger partial charge in [-0.25, -0.2) is 4.98 Å². The van der Waals surface area contributed by atoms with Crippen LogP contribution in [0.3, 0.4) is 0 Å². The highest BCUT2D eigenvalue weighted by molar-refractivity contribution is 9.10. The Bertz CT molecular complexity index is 416. The van der Waals surface area contributed by atoms with Gasteiger partial charge in [0.2, 0.25) is 0 Å². The molecule has 0 amide bonds. The van der Waals surface area contributed by atoms with Crippen molar-refractivity contribution in [2.75, 3.05) is 0 Å². The Kier molecular flexibility index (Phi) is 2.79. The van der Waals surface area contributed by atoms with Crippen LogP contribution in [0.4, 0.5) is 0 Å². The number of halogens is 2. The second-order valence-corrected chi connectivity index (χ2v) is 3.95. The summed E-state index contributed by atoms with van der Waals surface area (Å²) in [6.45, 7) is 0. The van der Waals surface area contributed by atoms with Gasteiger partial charge in [-0.3, -0.25) is 4.98 Å². The zero-order chi connectivity index (χ0) is 9.97. The fourth-order valence-corrected chi connectivity index (χ4v) is 1.60. The molecule has 0 radical (unpaired) electrons. The molecule has 0 spiro atoms. The molecule has 4 heteroatoms. The highest BCUT2D eigenvalue weighted by atomic mass is 79.9. The van der Waals surface area contributed by atoms with Gasteiger partial charge in [-0.2, -0.15) is 0 Å². The molecule has 0 bridgehead atoms. The molecule has 0 saturated heterocycles. The lowest BCUT2D eigenvalue weighted by atomic mass is 10.2. The maximum absolute atomic E-state index is 5.86. The van der Waals surface area contributed by atoms with E-state index in [9.17, 15) is 0 Å². The minimum Gasteiger partial charge on any atom is -0.255 e. The molecular weight excluding hydrogens is 263 g/mol. The van der Waals surface area contributed by atoms with Crippen molar-refractivity contribution in [2.45, 2.75) is 0 Å². The van der Waals surface area contributed by atoms with Gasteiger partial charge < -0.3 is 0 Å². The molecule has 2 heterocycles. The summed E-state index contributed by atoms with van der Waals surface area (Å²) in [6, 6.07) is 9.20. The Hall–Kier alpha value is -0.930. The van der Waals surface area contributed by atoms with Crippen LogP contribution in [0.1, 0.15) is 0 Å². The molecule has 0 fully saturated rings. The number of hydrogen-bond acceptors (Lipinski definition) is 2. The molecule has 0 aliphatic heterocycles. The Morgan fingerprint density at radius 1 is 1.14 bits per heavy atom. The average molecular weight is 270 g/mol. The molecule has 2 aromatic rings. The van der Waals surface area contributed by atoms with Gasteiger partial charge in [-0.05, 0) is 40.2 Å². The number of hydrogen-bond donors (Lipinski definition) is 0. The maximum atomic E-state index is 5.86. The Morgan fingerprint density at radius 2 is 2.00 bits per heavy atom. The van der Waals surface area contributed by atoms with E-state index in [1.807, 2.05) is 18.2 Å². The summed E-state index contributed by atoms with van der Waals surface area (Å²) < 4.78 is 0.789. The van der Waals surface area contributed by atoms with Crippen molar-refractivity contribution >= 4 is 27.5 Å². The molecule has 2 nitrogen and oxygen atoms in total. The minimum absolute atomic E-state index is 0.664. The van der Waals surface area contributed by atoms with Gasteiger partial charge in [0, 0.05) is 11.2 Å². The molecule has 0 unspecified atom stereocenters. The molecule has 0 aliphatic carbocycles. The zero-order valence-electron chi connectivity index (χ0n) is 7.11. The number of nitrogens with zero attached hydrogens (tertiary/aromatic N) is 2. The van der Waals surface area contributed by atoms with Crippen LogP contribution in [0.25, 0.3) is 11.4 Å². The highest BCUT2D eigenvalue weighted by Gasteiger charge is 2.01. The lowest BCUT2D eigenvalue weighted by Crippen LogP contribution is -1.86. The summed E-state index contributed by atoms with van der Waals surface area (Å²) in [5.41, 5.74) is 1.58. The first-order chi connectivity index (χ1) is 6.75. The Balaban J connectivity index is 2.49. The van der Waals surface area contributed by atoms with Crippen LogP contribution in [0, 0.1) is 0 Å². The molecule has 0 aromatic carbocycles. The lowest BCUT2D eigenvalue weighted by molar-refractivity contribution is 1.22. The van der Waals surface area contributed by atoms with Crippen LogP contribution < -0.4 is 0 Å². The first-order valence-corrected chi connectivity index (χ1v) is 5.17. The van der Waals surface area contributed by atoms with Crippen molar-refractivity contribution in [2.24, 2.45) is 0 Å². The number of rotatable bonds is 1. The third kappa shape index (κ3) is 2.11. The van der Waals surface area contributed by atoms with Crippen LogP contribution in [-0.2, 0) is 0 Å². The lowest BCUT2D eigenvalue weighted by Gasteiger charge is -2.00. The summed E-state index contributed by atoms with van der Waals surface area (Å²) in [6.07, 6.45) is 1.67. The largest absolute Gasteiger partial charge is 0.255 e. The van der Waals surface area contributed by atoms with Crippen molar-refractivity contribution in [3.05, 3.63) is 46.2 Å². The molecule has 2 rings (SSSR count). The van der Waals surface area contributed by atoms with Gasteiger partial charge in [-0.15, -0.1) is 0 Å². The fourth-order valence-electron chi connectivity index (χ4n) is 1.10. The third-order valence-electron chi connectivity index (χ3n) is 1.70. The Morgan fingerprint density at radius 3 is 2.71 bits per heavy atom. The maximum Gasteiger partial charge on any atom is 0.106 e. The monoisotopic (exact) mass is 268 g/mol. The van der Waals surface area contributed by atoms with Crippen LogP contribution >= 0.6 is 27.5 Å². The van der Waals surface area contributed by atoms with Crippen molar-refractivity contribution in [1.82, 2.24) is 9.97 Å². The van der Waals surface area contributed by atoms with E-state index in [1.165, 1.54) is 0 Å². The first-order valence-electron chi connectivity index (χ1n) is 4.00. The van der Waals surface area contributed by atoms with Gasteiger partial charge in [0.25, 0.3) is 0 Å². The minimum atomic E-state index is 0.664. The van der Waals surface area contributed by atoms with Crippen LogP contribution in [-0.4, -0.2) is 9.97 Å². The summed E-state index contributed by atoms with van der Waals surface area (Å²) in [5, 5.41) is 0.664. The molecule has 70 valence electrons. The topological polar surface area (TPSA) is 25.8 Å². The normalized spacial score (nSPS) is 10.1. The standard InChI is InChI=1S/C10H6BrClN2/c11-10-3-1-2-8(14-10)9-6-7(12)4-5-13-9/h1-6H. The third-order valence-corrected chi connectivity index (χ3v) is 2.38. The summed E-state index contributed by atoms with van der Waals surface area (Å²) in [4.78, 5) is 8.46. The highest BCUT2D eigenvalue weighted by Crippen LogP contribution is 2.19. The van der Waals surface area contributed by atoms with Crippen LogP contribution in [0.2, 0.25) is 5.02 Å². The predicted octanol–water partition coefficient (Wildman–Crippen LogP) is 3.56. The molecular formula is C10H6BrClN2. The molecule has 0 aliphatic rings. The second-order valence-electron chi connectivity index (χ2n) is 2.70. The van der Waals surface area contributed by atoms with E-state index in [0.717, 1.165) is 16.0 Å². The SMILES string of the molecule is Clc1ccnc(-c2cccc(Br)n2)c1. The number of aromatic nitrogens is 2. The Labute approximate surface area is 95.1 Å². The van der Waals surface area contributed by atoms with Gasteiger partial charge in [-0.1, -0.05) is 17.7 Å². The summed E-state index contributed by atoms with van der Waals surface area (Å²) >= 11 is 9.16. The zero-order valence-corrected chi connectivity index (χ0v) is 9.46. The van der Waals surface area contributed by atoms with Crippen LogP contribution in [0.15, 0.2) is 41.1 Å². The summed E-state index contributed by atoms with van der Waals surface area (Å²) in [5.74, 6) is 0. The predicted molar refractivity (Wildman–Crippen MR) is 60.2 cm³/mol. The molecule has 14 heavy (non-hydrogen) atoms. The van der Waals surface area contributed by atoms with Gasteiger partial charge in [0.05, 0.1) is 11.4 Å². The van der Waals surface area contributed by atoms with Gasteiger partial charge in [0.15, 0.2) is 0 Å². The van der Waals surface area contributed by atoms with Gasteiger partial charge in [0.1, 0.15) is 4.60 Å². The van der Waals surface area contributed by atoms with E-state index in [0.29, 0.717) is 5.02 Å². The van der Waals surface area contributed by atoms with E-state index in [4.69, 9.17) is 11.6 Å². The van der Waals surface area contributed by atoms with Crippen LogP contribution in [0.5, 0.6) is 0 Å². The van der Waals surface area contributed by atoms with E-state index >= 15 is 0 Å². The molecule has 0 N–H and O–H groups in total. The van der Waals surface area contributed by atoms with Gasteiger partial charge >= 0.3 is 0 Å². The molecule has 0 saturated carbocycles. The first kappa shape index (κ1) is 9.62. The van der Waals surface area contributed by atoms with Crippen molar-refractivity contribution in [3.63, 3.8) is 0 Å². The molecule has 2 aromatic heterocycles. The van der Waals surface area contributed by atoms with Crippen molar-refractivity contribution < 1.29 is 0 Å². The smallest absolute Gasteiger partial charge is 0.106 e. The van der Waals surface area contributed by atoms with Crippen molar-refractivity contribution in [1.29, 1.82) is 0 Å². The fraction of sp³-hybridized carbons (Fsp3) is 0. The van der Waals surface area contributed by atoms with E-state index < -0.39 is 0 Å². The van der Waals surface area contributed by atoms with E-state index in [1.54, 1.807) is 18.3 Å². The average Bonchev–Trinajstić information content (AvgIpc) is 2.18. The molecule has 0 atom stereocenters. The van der Waals surface area contributed by atoms with E-state index in [-0.39, 0.29) is 0 Å².